The first kappa shape index (κ1) is 22.2. The molecule has 0 atom stereocenters. The lowest BCUT2D eigenvalue weighted by Gasteiger charge is -2.07. The average molecular weight is 485 g/mol. The number of benzene rings is 1. The second-order valence-corrected chi connectivity index (χ2v) is 8.91. The molecule has 0 spiro atoms. The highest BCUT2D eigenvalue weighted by atomic mass is 32.1. The van der Waals surface area contributed by atoms with Gasteiger partial charge < -0.3 is 9.13 Å². The van der Waals surface area contributed by atoms with Gasteiger partial charge >= 0.3 is 0 Å². The van der Waals surface area contributed by atoms with E-state index < -0.39 is 4.92 Å². The van der Waals surface area contributed by atoms with Crippen molar-refractivity contribution in [3.63, 3.8) is 0 Å². The largest absolute Gasteiger partial charge is 0.322 e. The van der Waals surface area contributed by atoms with Crippen molar-refractivity contribution in [3.8, 4) is 11.4 Å². The zero-order valence-electron chi connectivity index (χ0n) is 18.9. The first-order valence-corrected chi connectivity index (χ1v) is 11.5. The highest BCUT2D eigenvalue weighted by Crippen LogP contribution is 2.35. The maximum absolute atomic E-state index is 13.2. The number of nitro benzene ring substituents is 1. The maximum atomic E-state index is 13.2. The van der Waals surface area contributed by atoms with Crippen molar-refractivity contribution in [1.82, 2.24) is 19.5 Å². The minimum absolute atomic E-state index is 0.00571. The molecule has 0 radical (unpaired) electrons. The number of nitrogens with zero attached hydrogens (tertiary/aromatic N) is 5. The molecular weight excluding hydrogens is 464 g/mol. The molecular formula is C25H20N6O3S. The molecule has 0 fully saturated rings. The normalized spacial score (nSPS) is 11.4. The number of hydrogen-bond acceptors (Lipinski definition) is 6. The van der Waals surface area contributed by atoms with Crippen molar-refractivity contribution >= 4 is 39.4 Å². The lowest BCUT2D eigenvalue weighted by molar-refractivity contribution is -0.384. The van der Waals surface area contributed by atoms with Crippen molar-refractivity contribution in [2.45, 2.75) is 13.8 Å². The Labute approximate surface area is 204 Å². The van der Waals surface area contributed by atoms with Crippen LogP contribution >= 0.6 is 11.3 Å². The molecule has 5 aromatic rings. The third-order valence-corrected chi connectivity index (χ3v) is 6.56. The van der Waals surface area contributed by atoms with Gasteiger partial charge in [-0.15, -0.1) is 11.3 Å². The first-order chi connectivity index (χ1) is 16.9. The summed E-state index contributed by atoms with van der Waals surface area (Å²) in [6.45, 7) is 3.95. The number of hydrazone groups is 1. The Balaban J connectivity index is 1.45. The number of aryl methyl sites for hydroxylation is 2. The summed E-state index contributed by atoms with van der Waals surface area (Å²) in [7, 11) is 0. The van der Waals surface area contributed by atoms with Crippen LogP contribution < -0.4 is 5.43 Å². The topological polar surface area (TPSA) is 107 Å². The van der Waals surface area contributed by atoms with Gasteiger partial charge in [0.05, 0.1) is 28.2 Å². The maximum Gasteiger partial charge on any atom is 0.283 e. The van der Waals surface area contributed by atoms with Crippen LogP contribution in [0.25, 0.3) is 21.6 Å². The minimum Gasteiger partial charge on any atom is -0.322 e. The molecule has 0 saturated heterocycles. The molecule has 0 aliphatic heterocycles. The summed E-state index contributed by atoms with van der Waals surface area (Å²) in [5.41, 5.74) is 6.60. The van der Waals surface area contributed by atoms with E-state index in [1.807, 2.05) is 49.0 Å². The van der Waals surface area contributed by atoms with E-state index >= 15 is 0 Å². The number of hydrogen-bond donors (Lipinski definition) is 1. The van der Waals surface area contributed by atoms with Gasteiger partial charge in [-0.05, 0) is 55.8 Å². The average Bonchev–Trinajstić information content (AvgIpc) is 3.58. The highest BCUT2D eigenvalue weighted by Gasteiger charge is 2.22. The van der Waals surface area contributed by atoms with Gasteiger partial charge in [0.25, 0.3) is 11.6 Å². The summed E-state index contributed by atoms with van der Waals surface area (Å²) in [5.74, 6) is -0.349. The fourth-order valence-electron chi connectivity index (χ4n) is 4.01. The SMILES string of the molecule is Cc1cc(C)c2c(-n3cccc3)c(C(=O)NN=Cc3cccn3-c3cccc([N+](=O)[O-])c3)sc2n1. The molecule has 1 N–H and O–H groups in total. The summed E-state index contributed by atoms with van der Waals surface area (Å²) in [6.07, 6.45) is 7.07. The Kier molecular flexibility index (Phi) is 5.71. The van der Waals surface area contributed by atoms with Crippen LogP contribution in [0.1, 0.15) is 26.6 Å². The molecule has 0 saturated carbocycles. The van der Waals surface area contributed by atoms with E-state index in [0.29, 0.717) is 16.3 Å². The van der Waals surface area contributed by atoms with E-state index in [9.17, 15) is 14.9 Å². The molecule has 9 nitrogen and oxygen atoms in total. The van der Waals surface area contributed by atoms with Crippen LogP contribution in [0.5, 0.6) is 0 Å². The number of amides is 1. The van der Waals surface area contributed by atoms with Crippen LogP contribution in [0.2, 0.25) is 0 Å². The van der Waals surface area contributed by atoms with E-state index in [1.54, 1.807) is 35.0 Å². The highest BCUT2D eigenvalue weighted by molar-refractivity contribution is 7.21. The van der Waals surface area contributed by atoms with Gasteiger partial charge in [-0.25, -0.2) is 10.4 Å². The van der Waals surface area contributed by atoms with Crippen molar-refractivity contribution in [2.24, 2.45) is 5.10 Å². The summed E-state index contributed by atoms with van der Waals surface area (Å²) in [5, 5.41) is 16.2. The molecule has 1 amide bonds. The minimum atomic E-state index is -0.438. The van der Waals surface area contributed by atoms with Crippen LogP contribution in [-0.2, 0) is 0 Å². The Hall–Kier alpha value is -4.57. The van der Waals surface area contributed by atoms with Gasteiger partial charge in [-0.2, -0.15) is 5.10 Å². The van der Waals surface area contributed by atoms with Gasteiger partial charge in [0.2, 0.25) is 0 Å². The van der Waals surface area contributed by atoms with Crippen molar-refractivity contribution in [2.75, 3.05) is 0 Å². The second kappa shape index (κ2) is 8.99. The number of non-ortho nitro benzene ring substituents is 1. The van der Waals surface area contributed by atoms with Gasteiger partial charge in [-0.3, -0.25) is 14.9 Å². The fourth-order valence-corrected chi connectivity index (χ4v) is 5.19. The number of pyridine rings is 1. The molecule has 0 aliphatic carbocycles. The third kappa shape index (κ3) is 4.22. The van der Waals surface area contributed by atoms with E-state index in [-0.39, 0.29) is 11.6 Å². The van der Waals surface area contributed by atoms with Gasteiger partial charge in [0.15, 0.2) is 0 Å². The Bertz CT molecular complexity index is 1600. The van der Waals surface area contributed by atoms with Gasteiger partial charge in [-0.1, -0.05) is 6.07 Å². The van der Waals surface area contributed by atoms with Crippen molar-refractivity contribution < 1.29 is 9.72 Å². The molecule has 1 aromatic carbocycles. The van der Waals surface area contributed by atoms with E-state index in [1.165, 1.54) is 29.7 Å². The zero-order chi connectivity index (χ0) is 24.5. The van der Waals surface area contributed by atoms with Crippen LogP contribution in [0.4, 0.5) is 5.69 Å². The van der Waals surface area contributed by atoms with Crippen molar-refractivity contribution in [3.05, 3.63) is 105 Å². The van der Waals surface area contributed by atoms with Crippen LogP contribution in [0.15, 0.2) is 78.3 Å². The van der Waals surface area contributed by atoms with Crippen LogP contribution in [0.3, 0.4) is 0 Å². The number of rotatable bonds is 6. The smallest absolute Gasteiger partial charge is 0.283 e. The van der Waals surface area contributed by atoms with E-state index in [0.717, 1.165) is 27.2 Å². The molecule has 0 unspecified atom stereocenters. The molecule has 5 rings (SSSR count). The number of carbonyl (C=O) groups excluding carboxylic acids is 1. The molecule has 35 heavy (non-hydrogen) atoms. The van der Waals surface area contributed by atoms with E-state index in [2.05, 4.69) is 15.5 Å². The number of aromatic nitrogens is 3. The van der Waals surface area contributed by atoms with Gasteiger partial charge in [0.1, 0.15) is 9.71 Å². The number of thiophene rings is 1. The molecule has 4 heterocycles. The predicted molar refractivity (Wildman–Crippen MR) is 136 cm³/mol. The van der Waals surface area contributed by atoms with Crippen LogP contribution in [0, 0.1) is 24.0 Å². The monoisotopic (exact) mass is 484 g/mol. The fraction of sp³-hybridized carbons (Fsp3) is 0.0800. The summed E-state index contributed by atoms with van der Waals surface area (Å²) in [6, 6.07) is 15.7. The zero-order valence-corrected chi connectivity index (χ0v) is 19.7. The van der Waals surface area contributed by atoms with Gasteiger partial charge in [0, 0.05) is 41.8 Å². The van der Waals surface area contributed by atoms with E-state index in [4.69, 9.17) is 0 Å². The van der Waals surface area contributed by atoms with Crippen LogP contribution in [-0.4, -0.2) is 31.2 Å². The summed E-state index contributed by atoms with van der Waals surface area (Å²) >= 11 is 1.32. The molecule has 4 aromatic heterocycles. The lowest BCUT2D eigenvalue weighted by atomic mass is 10.1. The number of nitro groups is 1. The number of fused-ring (bicyclic) bond motifs is 1. The quantitative estimate of drug-likeness (QED) is 0.204. The number of nitrogens with one attached hydrogen (secondary N) is 1. The standard InChI is InChI=1S/C25H20N6O3S/c1-16-13-17(2)27-25-21(16)22(29-10-3-4-11-29)23(35-25)24(32)28-26-15-20-9-6-12-30(20)18-7-5-8-19(14-18)31(33)34/h3-15H,1-2H3,(H,28,32). The molecule has 0 bridgehead atoms. The first-order valence-electron chi connectivity index (χ1n) is 10.7. The lowest BCUT2D eigenvalue weighted by Crippen LogP contribution is -2.18. The Morgan fingerprint density at radius 2 is 1.91 bits per heavy atom. The van der Waals surface area contributed by atoms with Crippen molar-refractivity contribution in [1.29, 1.82) is 0 Å². The second-order valence-electron chi connectivity index (χ2n) is 7.91. The third-order valence-electron chi connectivity index (χ3n) is 5.49. The Morgan fingerprint density at radius 3 is 2.69 bits per heavy atom. The Morgan fingerprint density at radius 1 is 1.11 bits per heavy atom. The molecule has 174 valence electrons. The molecule has 0 aliphatic rings. The summed E-state index contributed by atoms with van der Waals surface area (Å²) < 4.78 is 3.67. The summed E-state index contributed by atoms with van der Waals surface area (Å²) in [4.78, 5) is 29.8. The molecule has 10 heteroatoms. The number of carbonyl (C=O) groups is 1. The predicted octanol–water partition coefficient (Wildman–Crippen LogP) is 5.17.